The van der Waals surface area contributed by atoms with Crippen molar-refractivity contribution in [1.29, 1.82) is 5.26 Å². The van der Waals surface area contributed by atoms with Crippen LogP contribution in [-0.4, -0.2) is 25.0 Å². The zero-order valence-electron chi connectivity index (χ0n) is 7.39. The van der Waals surface area contributed by atoms with Crippen molar-refractivity contribution in [1.82, 2.24) is 0 Å². The van der Waals surface area contributed by atoms with E-state index in [0.29, 0.717) is 6.07 Å². The molecule has 15 heavy (non-hydrogen) atoms. The number of carbonyl (C=O) groups is 1. The minimum atomic E-state index is -5.05. The van der Waals surface area contributed by atoms with E-state index in [1.165, 1.54) is 0 Å². The van der Waals surface area contributed by atoms with Gasteiger partial charge in [0.05, 0.1) is 12.9 Å². The van der Waals surface area contributed by atoms with Gasteiger partial charge in [-0.25, -0.2) is 0 Å². The summed E-state index contributed by atoms with van der Waals surface area (Å²) in [4.78, 5) is 10.5. The highest BCUT2D eigenvalue weighted by Gasteiger charge is 2.37. The Kier molecular flexibility index (Phi) is 5.14. The molecular formula is C7H5F4NO2S. The van der Waals surface area contributed by atoms with Crippen LogP contribution in [0.3, 0.4) is 0 Å². The number of hydrogen-bond donors (Lipinski definition) is 0. The smallest absolute Gasteiger partial charge is 0.429 e. The number of hydrogen-bond acceptors (Lipinski definition) is 4. The molecule has 0 aliphatic rings. The predicted molar refractivity (Wildman–Crippen MR) is 44.3 cm³/mol. The van der Waals surface area contributed by atoms with Gasteiger partial charge in [0.15, 0.2) is 10.7 Å². The minimum absolute atomic E-state index is 0.0354. The van der Waals surface area contributed by atoms with Crippen LogP contribution in [-0.2, 0) is 9.53 Å². The molecule has 0 saturated carbocycles. The molecule has 0 unspecified atom stereocenters. The summed E-state index contributed by atoms with van der Waals surface area (Å²) in [6.07, 6.45) is -5.05. The molecule has 0 bridgehead atoms. The van der Waals surface area contributed by atoms with Gasteiger partial charge in [0, 0.05) is 0 Å². The maximum absolute atomic E-state index is 12.8. The topological polar surface area (TPSA) is 50.1 Å². The van der Waals surface area contributed by atoms with Gasteiger partial charge in [0.1, 0.15) is 6.07 Å². The van der Waals surface area contributed by atoms with E-state index in [9.17, 15) is 22.4 Å². The fraction of sp³-hybridized carbons (Fsp3) is 0.429. The van der Waals surface area contributed by atoms with Crippen molar-refractivity contribution >= 4 is 17.7 Å². The van der Waals surface area contributed by atoms with E-state index in [4.69, 9.17) is 5.26 Å². The van der Waals surface area contributed by atoms with E-state index in [1.807, 2.05) is 0 Å². The van der Waals surface area contributed by atoms with Crippen LogP contribution in [0.25, 0.3) is 0 Å². The van der Waals surface area contributed by atoms with Crippen molar-refractivity contribution in [3.8, 4) is 6.07 Å². The van der Waals surface area contributed by atoms with Gasteiger partial charge in [-0.2, -0.15) is 22.8 Å². The summed E-state index contributed by atoms with van der Waals surface area (Å²) in [5.74, 6) is -1.50. The quantitative estimate of drug-likeness (QED) is 0.433. The van der Waals surface area contributed by atoms with E-state index in [1.54, 1.807) is 0 Å². The van der Waals surface area contributed by atoms with Gasteiger partial charge in [-0.3, -0.25) is 4.79 Å². The lowest BCUT2D eigenvalue weighted by atomic mass is 10.3. The molecule has 0 spiro atoms. The maximum atomic E-state index is 12.8. The third-order valence-corrected chi connectivity index (χ3v) is 1.97. The highest BCUT2D eigenvalue weighted by atomic mass is 32.2. The van der Waals surface area contributed by atoms with E-state index >= 15 is 0 Å². The molecule has 0 radical (unpaired) electrons. The summed E-state index contributed by atoms with van der Waals surface area (Å²) in [7, 11) is 1.01. The summed E-state index contributed by atoms with van der Waals surface area (Å²) >= 11 is -0.0354. The predicted octanol–water partition coefficient (Wildman–Crippen LogP) is 2.16. The minimum Gasteiger partial charge on any atom is -0.468 e. The first-order valence-corrected chi connectivity index (χ1v) is 4.38. The standard InChI is InChI=1S/C7H5F4NO2S/c1-14-5(13)3-15-6(8)4(2-12)7(9,10)11/h3H2,1H3/b6-4-. The Balaban J connectivity index is 4.64. The largest absolute Gasteiger partial charge is 0.468 e. The lowest BCUT2D eigenvalue weighted by Crippen LogP contribution is -2.12. The Bertz CT molecular complexity index is 318. The Morgan fingerprint density at radius 3 is 2.40 bits per heavy atom. The average molecular weight is 243 g/mol. The van der Waals surface area contributed by atoms with Crippen molar-refractivity contribution in [3.05, 3.63) is 10.7 Å². The molecule has 0 aromatic rings. The zero-order chi connectivity index (χ0) is 12.1. The number of thioether (sulfide) groups is 1. The molecule has 0 aliphatic carbocycles. The normalized spacial score (nSPS) is 12.8. The van der Waals surface area contributed by atoms with Gasteiger partial charge in [0.25, 0.3) is 0 Å². The SMILES string of the molecule is COC(=O)CS/C(F)=C(/C#N)C(F)(F)F. The first-order chi connectivity index (χ1) is 6.82. The lowest BCUT2D eigenvalue weighted by Gasteiger charge is -2.05. The molecule has 0 rings (SSSR count). The van der Waals surface area contributed by atoms with Gasteiger partial charge in [-0.15, -0.1) is 0 Å². The molecule has 0 aromatic heterocycles. The van der Waals surface area contributed by atoms with Crippen LogP contribution in [0.2, 0.25) is 0 Å². The van der Waals surface area contributed by atoms with Crippen LogP contribution in [0.15, 0.2) is 10.7 Å². The van der Waals surface area contributed by atoms with Crippen LogP contribution >= 0.6 is 11.8 Å². The molecule has 0 atom stereocenters. The van der Waals surface area contributed by atoms with Crippen molar-refractivity contribution in [2.45, 2.75) is 6.18 Å². The fourth-order valence-corrected chi connectivity index (χ4v) is 1.14. The Morgan fingerprint density at radius 1 is 1.53 bits per heavy atom. The Morgan fingerprint density at radius 2 is 2.07 bits per heavy atom. The van der Waals surface area contributed by atoms with Gasteiger partial charge in [0.2, 0.25) is 0 Å². The highest BCUT2D eigenvalue weighted by Crippen LogP contribution is 2.33. The summed E-state index contributed by atoms with van der Waals surface area (Å²) in [5.41, 5.74) is -1.95. The number of allylic oxidation sites excluding steroid dienone is 1. The van der Waals surface area contributed by atoms with Gasteiger partial charge < -0.3 is 4.74 Å². The molecule has 0 heterocycles. The molecule has 0 saturated heterocycles. The van der Waals surface area contributed by atoms with E-state index < -0.39 is 28.6 Å². The summed E-state index contributed by atoms with van der Waals surface area (Å²) in [6.45, 7) is 0. The number of nitrogens with zero attached hydrogens (tertiary/aromatic N) is 1. The number of alkyl halides is 3. The third kappa shape index (κ3) is 4.69. The number of ether oxygens (including phenoxy) is 1. The molecule has 84 valence electrons. The summed E-state index contributed by atoms with van der Waals surface area (Å²) < 4.78 is 52.6. The maximum Gasteiger partial charge on any atom is 0.429 e. The van der Waals surface area contributed by atoms with Crippen molar-refractivity contribution in [3.63, 3.8) is 0 Å². The van der Waals surface area contributed by atoms with Crippen LogP contribution in [0.5, 0.6) is 0 Å². The monoisotopic (exact) mass is 243 g/mol. The van der Waals surface area contributed by atoms with Crippen molar-refractivity contribution in [2.75, 3.05) is 12.9 Å². The number of nitriles is 1. The molecule has 8 heteroatoms. The summed E-state index contributed by atoms with van der Waals surface area (Å²) in [5, 5.41) is 6.32. The van der Waals surface area contributed by atoms with E-state index in [0.717, 1.165) is 7.11 Å². The number of methoxy groups -OCH3 is 1. The molecule has 3 nitrogen and oxygen atoms in total. The zero-order valence-corrected chi connectivity index (χ0v) is 8.21. The second-order valence-electron chi connectivity index (χ2n) is 2.12. The average Bonchev–Trinajstić information content (AvgIpc) is 2.12. The van der Waals surface area contributed by atoms with Crippen molar-refractivity contribution < 1.29 is 27.1 Å². The van der Waals surface area contributed by atoms with Crippen LogP contribution in [0, 0.1) is 11.3 Å². The summed E-state index contributed by atoms with van der Waals surface area (Å²) in [6, 6.07) is 0.690. The van der Waals surface area contributed by atoms with E-state index in [-0.39, 0.29) is 11.8 Å². The number of rotatable bonds is 3. The van der Waals surface area contributed by atoms with Crippen LogP contribution in [0.4, 0.5) is 17.6 Å². The molecule has 0 aliphatic heterocycles. The lowest BCUT2D eigenvalue weighted by molar-refractivity contribution is -0.137. The third-order valence-electron chi connectivity index (χ3n) is 1.14. The molecule has 0 N–H and O–H groups in total. The number of halogens is 4. The number of esters is 1. The number of carbonyl (C=O) groups excluding carboxylic acids is 1. The fourth-order valence-electron chi connectivity index (χ4n) is 0.472. The molecule has 0 fully saturated rings. The van der Waals surface area contributed by atoms with Gasteiger partial charge in [-0.05, 0) is 0 Å². The Hall–Kier alpha value is -1.23. The Labute approximate surface area is 86.7 Å². The highest BCUT2D eigenvalue weighted by molar-refractivity contribution is 8.03. The van der Waals surface area contributed by atoms with Crippen LogP contribution in [0.1, 0.15) is 0 Å². The first kappa shape index (κ1) is 13.8. The second-order valence-corrected chi connectivity index (χ2v) is 3.06. The van der Waals surface area contributed by atoms with Crippen LogP contribution < -0.4 is 0 Å². The van der Waals surface area contributed by atoms with Gasteiger partial charge in [-0.1, -0.05) is 11.8 Å². The van der Waals surface area contributed by atoms with Crippen molar-refractivity contribution in [2.24, 2.45) is 0 Å². The van der Waals surface area contributed by atoms with E-state index in [2.05, 4.69) is 4.74 Å². The van der Waals surface area contributed by atoms with Gasteiger partial charge >= 0.3 is 12.1 Å². The molecular weight excluding hydrogens is 238 g/mol. The molecule has 0 amide bonds. The first-order valence-electron chi connectivity index (χ1n) is 3.39. The molecule has 0 aromatic carbocycles. The second kappa shape index (κ2) is 5.60.